The van der Waals surface area contributed by atoms with Crippen LogP contribution in [0.4, 0.5) is 11.4 Å². The maximum Gasteiger partial charge on any atom is 0.145 e. The van der Waals surface area contributed by atoms with Crippen molar-refractivity contribution in [3.8, 4) is 5.75 Å². The number of hydrogen-bond acceptors (Lipinski definition) is 3. The van der Waals surface area contributed by atoms with Crippen molar-refractivity contribution < 1.29 is 7.48 Å². The van der Waals surface area contributed by atoms with Crippen LogP contribution < -0.4 is 15.8 Å². The fourth-order valence-electron chi connectivity index (χ4n) is 0.994. The highest BCUT2D eigenvalue weighted by Crippen LogP contribution is 2.33. The van der Waals surface area contributed by atoms with E-state index >= 15 is 0 Å². The van der Waals surface area contributed by atoms with Gasteiger partial charge in [0.15, 0.2) is 0 Å². The predicted octanol–water partition coefficient (Wildman–Crippen LogP) is 2.47. The molecule has 0 aliphatic rings. The van der Waals surface area contributed by atoms with Crippen LogP contribution in [0.2, 0.25) is 0 Å². The molecule has 1 aromatic rings. The summed E-state index contributed by atoms with van der Waals surface area (Å²) in [6.07, 6.45) is 0. The highest BCUT2D eigenvalue weighted by molar-refractivity contribution is 9.10. The van der Waals surface area contributed by atoms with Crippen molar-refractivity contribution in [1.82, 2.24) is 0 Å². The Labute approximate surface area is 89.2 Å². The van der Waals surface area contributed by atoms with E-state index in [1.807, 2.05) is 0 Å². The van der Waals surface area contributed by atoms with Gasteiger partial charge in [0.1, 0.15) is 5.75 Å². The summed E-state index contributed by atoms with van der Waals surface area (Å²) >= 11 is 3.30. The maximum atomic E-state index is 7.32. The smallest absolute Gasteiger partial charge is 0.145 e. The number of nitrogens with two attached hydrogens (primary N) is 1. The van der Waals surface area contributed by atoms with Crippen molar-refractivity contribution in [2.45, 2.75) is 6.92 Å². The summed E-state index contributed by atoms with van der Waals surface area (Å²) < 4.78 is 20.5. The van der Waals surface area contributed by atoms with Crippen molar-refractivity contribution in [1.29, 1.82) is 0 Å². The number of anilines is 2. The zero-order valence-electron chi connectivity index (χ0n) is 9.52. The summed E-state index contributed by atoms with van der Waals surface area (Å²) in [6, 6.07) is 3.44. The third-order valence-electron chi connectivity index (χ3n) is 1.59. The van der Waals surface area contributed by atoms with Gasteiger partial charge in [0.05, 0.1) is 20.7 Å². The van der Waals surface area contributed by atoms with Crippen LogP contribution in [0.5, 0.6) is 5.75 Å². The average Bonchev–Trinajstić information content (AvgIpc) is 2.08. The lowest BCUT2D eigenvalue weighted by atomic mass is 10.2. The first-order chi connectivity index (χ1) is 6.83. The largest absolute Gasteiger partial charge is 0.492 e. The van der Waals surface area contributed by atoms with Crippen LogP contribution in [0, 0.1) is 0 Å². The summed E-state index contributed by atoms with van der Waals surface area (Å²) in [5.41, 5.74) is 6.89. The molecule has 0 radical (unpaired) electrons. The van der Waals surface area contributed by atoms with Gasteiger partial charge < -0.3 is 15.8 Å². The minimum atomic E-state index is -1.75. The van der Waals surface area contributed by atoms with Crippen LogP contribution in [0.15, 0.2) is 16.6 Å². The number of halogens is 1. The first-order valence-corrected chi connectivity index (χ1v) is 4.58. The Morgan fingerprint density at radius 2 is 2.38 bits per heavy atom. The van der Waals surface area contributed by atoms with Crippen molar-refractivity contribution in [2.24, 2.45) is 0 Å². The molecule has 0 fully saturated rings. The second-order valence-electron chi connectivity index (χ2n) is 2.42. The molecule has 3 nitrogen and oxygen atoms in total. The Morgan fingerprint density at radius 1 is 1.69 bits per heavy atom. The molecule has 0 aromatic heterocycles. The second-order valence-corrected chi connectivity index (χ2v) is 3.34. The zero-order chi connectivity index (χ0) is 11.6. The van der Waals surface area contributed by atoms with E-state index in [0.717, 1.165) is 4.47 Å². The third-order valence-corrected chi connectivity index (χ3v) is 2.05. The van der Waals surface area contributed by atoms with Gasteiger partial charge in [-0.05, 0) is 19.1 Å². The number of ether oxygens (including phenoxy) is 1. The molecule has 72 valence electrons. The molecule has 13 heavy (non-hydrogen) atoms. The van der Waals surface area contributed by atoms with Crippen LogP contribution in [0.25, 0.3) is 0 Å². The molecule has 0 amide bonds. The summed E-state index contributed by atoms with van der Waals surface area (Å²) in [6.45, 7) is -0.424. The van der Waals surface area contributed by atoms with Gasteiger partial charge in [0, 0.05) is 11.5 Å². The lowest BCUT2D eigenvalue weighted by Crippen LogP contribution is -2.01. The summed E-state index contributed by atoms with van der Waals surface area (Å²) in [7, 11) is 1.74. The van der Waals surface area contributed by atoms with Crippen LogP contribution in [0.1, 0.15) is 9.67 Å². The summed E-state index contributed by atoms with van der Waals surface area (Å²) in [4.78, 5) is 0. The summed E-state index contributed by atoms with van der Waals surface area (Å²) in [5, 5.41) is 2.90. The topological polar surface area (TPSA) is 47.3 Å². The zero-order valence-corrected chi connectivity index (χ0v) is 9.10. The van der Waals surface area contributed by atoms with E-state index in [9.17, 15) is 0 Å². The first-order valence-electron chi connectivity index (χ1n) is 4.79. The fourth-order valence-corrected chi connectivity index (χ4v) is 1.43. The first kappa shape index (κ1) is 7.50. The van der Waals surface area contributed by atoms with Gasteiger partial charge in [0.2, 0.25) is 0 Å². The minimum absolute atomic E-state index is 0.321. The van der Waals surface area contributed by atoms with Gasteiger partial charge in [-0.15, -0.1) is 0 Å². The highest BCUT2D eigenvalue weighted by Gasteiger charge is 2.06. The SMILES string of the molecule is [2H]C([2H])(C)Oc1cc(Br)cc(NC)c1N. The van der Waals surface area contributed by atoms with Gasteiger partial charge in [-0.25, -0.2) is 0 Å². The Bertz CT molecular complexity index is 366. The number of rotatable bonds is 3. The number of hydrogen-bond donors (Lipinski definition) is 2. The molecule has 0 heterocycles. The van der Waals surface area contributed by atoms with Crippen LogP contribution in [-0.4, -0.2) is 13.6 Å². The molecule has 4 heteroatoms. The maximum absolute atomic E-state index is 7.32. The molecule has 0 spiro atoms. The Hall–Kier alpha value is -0.900. The van der Waals surface area contributed by atoms with Crippen molar-refractivity contribution in [3.63, 3.8) is 0 Å². The fraction of sp³-hybridized carbons (Fsp3) is 0.333. The quantitative estimate of drug-likeness (QED) is 0.806. The molecule has 3 N–H and O–H groups in total. The minimum Gasteiger partial charge on any atom is -0.492 e. The van der Waals surface area contributed by atoms with E-state index in [0.29, 0.717) is 17.1 Å². The van der Waals surface area contributed by atoms with Gasteiger partial charge in [-0.1, -0.05) is 15.9 Å². The standard InChI is InChI=1S/C9H13BrN2O/c1-3-13-8-5-6(10)4-7(12-2)9(8)11/h4-5,12H,3,11H2,1-2H3/i3D2. The lowest BCUT2D eigenvalue weighted by Gasteiger charge is -2.11. The molecule has 0 unspecified atom stereocenters. The summed E-state index contributed by atoms with van der Waals surface area (Å²) in [5.74, 6) is 0.321. The average molecular weight is 247 g/mol. The monoisotopic (exact) mass is 246 g/mol. The highest BCUT2D eigenvalue weighted by atomic mass is 79.9. The van der Waals surface area contributed by atoms with Crippen LogP contribution in [0.3, 0.4) is 0 Å². The van der Waals surface area contributed by atoms with Gasteiger partial charge in [-0.2, -0.15) is 0 Å². The van der Waals surface area contributed by atoms with Gasteiger partial charge in [-0.3, -0.25) is 0 Å². The molecule has 0 atom stereocenters. The predicted molar refractivity (Wildman–Crippen MR) is 59.3 cm³/mol. The molecule has 1 aromatic carbocycles. The van der Waals surface area contributed by atoms with Crippen LogP contribution >= 0.6 is 15.9 Å². The van der Waals surface area contributed by atoms with Gasteiger partial charge >= 0.3 is 0 Å². The van der Waals surface area contributed by atoms with E-state index in [-0.39, 0.29) is 0 Å². The van der Waals surface area contributed by atoms with E-state index in [1.54, 1.807) is 19.2 Å². The number of nitrogen functional groups attached to an aromatic ring is 1. The van der Waals surface area contributed by atoms with Crippen molar-refractivity contribution >= 4 is 27.3 Å². The molecule has 0 saturated carbocycles. The molecule has 0 bridgehead atoms. The Morgan fingerprint density at radius 3 is 2.92 bits per heavy atom. The van der Waals surface area contributed by atoms with E-state index in [1.165, 1.54) is 6.92 Å². The van der Waals surface area contributed by atoms with Gasteiger partial charge in [0.25, 0.3) is 0 Å². The molecule has 1 rings (SSSR count). The van der Waals surface area contributed by atoms with E-state index in [4.69, 9.17) is 13.2 Å². The number of nitrogens with one attached hydrogen (secondary N) is 1. The third kappa shape index (κ3) is 2.28. The Kier molecular flexibility index (Phi) is 2.52. The number of benzene rings is 1. The van der Waals surface area contributed by atoms with Crippen molar-refractivity contribution in [3.05, 3.63) is 16.6 Å². The normalized spacial score (nSPS) is 13.2. The molecule has 0 aliphatic carbocycles. The van der Waals surface area contributed by atoms with Crippen LogP contribution in [-0.2, 0) is 0 Å². The molecule has 0 aliphatic heterocycles. The van der Waals surface area contributed by atoms with E-state index in [2.05, 4.69) is 21.2 Å². The lowest BCUT2D eigenvalue weighted by molar-refractivity contribution is 0.342. The van der Waals surface area contributed by atoms with E-state index < -0.39 is 6.56 Å². The molecular formula is C9H13BrN2O. The molecular weight excluding hydrogens is 232 g/mol. The Balaban J connectivity index is 3.12. The molecule has 0 saturated heterocycles. The van der Waals surface area contributed by atoms with Crippen molar-refractivity contribution in [2.75, 3.05) is 24.7 Å². The second kappa shape index (κ2) is 4.37.